The van der Waals surface area contributed by atoms with Gasteiger partial charge in [0.05, 0.1) is 6.10 Å². The van der Waals surface area contributed by atoms with Crippen LogP contribution in [-0.4, -0.2) is 35.7 Å². The molecule has 1 unspecified atom stereocenters. The van der Waals surface area contributed by atoms with Crippen molar-refractivity contribution in [2.75, 3.05) is 7.05 Å². The highest BCUT2D eigenvalue weighted by atomic mass is 32.2. The summed E-state index contributed by atoms with van der Waals surface area (Å²) in [6.07, 6.45) is -0.838. The van der Waals surface area contributed by atoms with Gasteiger partial charge in [-0.1, -0.05) is 24.3 Å². The maximum Gasteiger partial charge on any atom is 0.446 e. The second-order valence-electron chi connectivity index (χ2n) is 6.79. The minimum atomic E-state index is -4.30. The van der Waals surface area contributed by atoms with E-state index in [-0.39, 0.29) is 29.2 Å². The molecule has 0 aliphatic rings. The quantitative estimate of drug-likeness (QED) is 0.516. The van der Waals surface area contributed by atoms with Crippen LogP contribution in [0.5, 0.6) is 5.75 Å². The molecule has 0 aromatic heterocycles. The number of ether oxygens (including phenoxy) is 1. The number of aliphatic hydroxyl groups excluding tert-OH is 1. The Kier molecular flexibility index (Phi) is 8.57. The third kappa shape index (κ3) is 7.55. The standard InChI is InChI=1S/C21H25F3N2O3S/c1-13-10-16(11-26-19(14(2)27)20(28)25-3)6-9-18(13)29-12-15-4-7-17(8-5-15)30-21(22,23)24/h4-10,14,19,26-27H,11-12H2,1-3H3,(H,25,28)/t14-,19?/m0/s1. The van der Waals surface area contributed by atoms with Crippen molar-refractivity contribution < 1.29 is 27.8 Å². The Morgan fingerprint density at radius 1 is 1.17 bits per heavy atom. The normalized spacial score (nSPS) is 13.6. The van der Waals surface area contributed by atoms with E-state index < -0.39 is 17.7 Å². The van der Waals surface area contributed by atoms with E-state index in [2.05, 4.69) is 10.6 Å². The van der Waals surface area contributed by atoms with E-state index in [0.717, 1.165) is 16.7 Å². The molecular weight excluding hydrogens is 417 g/mol. The van der Waals surface area contributed by atoms with Gasteiger partial charge in [0.25, 0.3) is 0 Å². The average molecular weight is 443 g/mol. The molecule has 0 saturated heterocycles. The molecule has 0 heterocycles. The Hall–Kier alpha value is -2.23. The van der Waals surface area contributed by atoms with E-state index in [1.54, 1.807) is 25.1 Å². The number of hydrogen-bond donors (Lipinski definition) is 3. The molecule has 164 valence electrons. The lowest BCUT2D eigenvalue weighted by Gasteiger charge is -2.20. The first-order valence-electron chi connectivity index (χ1n) is 9.29. The van der Waals surface area contributed by atoms with E-state index in [9.17, 15) is 23.1 Å². The van der Waals surface area contributed by atoms with E-state index in [4.69, 9.17) is 4.74 Å². The average Bonchev–Trinajstić information content (AvgIpc) is 2.67. The minimum absolute atomic E-state index is 0.131. The first kappa shape index (κ1) is 24.0. The molecule has 1 amide bonds. The van der Waals surface area contributed by atoms with Crippen LogP contribution in [0.25, 0.3) is 0 Å². The van der Waals surface area contributed by atoms with Crippen LogP contribution in [0.2, 0.25) is 0 Å². The highest BCUT2D eigenvalue weighted by Crippen LogP contribution is 2.36. The van der Waals surface area contributed by atoms with Crippen molar-refractivity contribution in [2.24, 2.45) is 0 Å². The molecule has 0 radical (unpaired) electrons. The summed E-state index contributed by atoms with van der Waals surface area (Å²) < 4.78 is 42.9. The first-order valence-corrected chi connectivity index (χ1v) is 10.1. The van der Waals surface area contributed by atoms with E-state index in [1.165, 1.54) is 19.2 Å². The van der Waals surface area contributed by atoms with Gasteiger partial charge in [0.15, 0.2) is 0 Å². The predicted octanol–water partition coefficient (Wildman–Crippen LogP) is 3.77. The largest absolute Gasteiger partial charge is 0.489 e. The zero-order valence-electron chi connectivity index (χ0n) is 16.9. The van der Waals surface area contributed by atoms with Crippen molar-refractivity contribution in [1.29, 1.82) is 0 Å². The van der Waals surface area contributed by atoms with Gasteiger partial charge < -0.3 is 15.2 Å². The van der Waals surface area contributed by atoms with Crippen LogP contribution < -0.4 is 15.4 Å². The van der Waals surface area contributed by atoms with Crippen LogP contribution in [0.3, 0.4) is 0 Å². The van der Waals surface area contributed by atoms with Crippen LogP contribution in [0.1, 0.15) is 23.6 Å². The third-order valence-corrected chi connectivity index (χ3v) is 5.07. The van der Waals surface area contributed by atoms with Crippen LogP contribution in [0, 0.1) is 6.92 Å². The van der Waals surface area contributed by atoms with Gasteiger partial charge in [0.1, 0.15) is 18.4 Å². The number of benzene rings is 2. The molecule has 3 N–H and O–H groups in total. The maximum absolute atomic E-state index is 12.4. The van der Waals surface area contributed by atoms with Crippen molar-refractivity contribution in [3.05, 3.63) is 59.2 Å². The number of carbonyl (C=O) groups excluding carboxylic acids is 1. The molecule has 9 heteroatoms. The van der Waals surface area contributed by atoms with Crippen molar-refractivity contribution in [3.63, 3.8) is 0 Å². The SMILES string of the molecule is CNC(=O)C(NCc1ccc(OCc2ccc(SC(F)(F)F)cc2)c(C)c1)[C@H](C)O. The molecule has 0 bridgehead atoms. The summed E-state index contributed by atoms with van der Waals surface area (Å²) in [7, 11) is 1.51. The summed E-state index contributed by atoms with van der Waals surface area (Å²) in [5.41, 5.74) is -1.74. The van der Waals surface area contributed by atoms with Crippen LogP contribution in [0.15, 0.2) is 47.4 Å². The van der Waals surface area contributed by atoms with Gasteiger partial charge in [-0.05, 0) is 60.5 Å². The first-order chi connectivity index (χ1) is 14.1. The van der Waals surface area contributed by atoms with Crippen molar-refractivity contribution >= 4 is 17.7 Å². The summed E-state index contributed by atoms with van der Waals surface area (Å²) >= 11 is -0.148. The summed E-state index contributed by atoms with van der Waals surface area (Å²) in [6, 6.07) is 10.9. The smallest absolute Gasteiger partial charge is 0.446 e. The number of alkyl halides is 3. The second-order valence-corrected chi connectivity index (χ2v) is 7.93. The van der Waals surface area contributed by atoms with E-state index in [1.807, 2.05) is 19.1 Å². The number of aliphatic hydroxyl groups is 1. The Bertz CT molecular complexity index is 842. The fourth-order valence-electron chi connectivity index (χ4n) is 2.80. The van der Waals surface area contributed by atoms with Crippen LogP contribution in [0.4, 0.5) is 13.2 Å². The number of likely N-dealkylation sites (N-methyl/N-ethyl adjacent to an activating group) is 1. The Labute approximate surface area is 178 Å². The lowest BCUT2D eigenvalue weighted by molar-refractivity contribution is -0.125. The third-order valence-electron chi connectivity index (χ3n) is 4.33. The fraction of sp³-hybridized carbons (Fsp3) is 0.381. The zero-order chi connectivity index (χ0) is 22.3. The number of rotatable bonds is 9. The molecule has 2 rings (SSSR count). The monoisotopic (exact) mass is 442 g/mol. The molecule has 2 aromatic rings. The highest BCUT2D eigenvalue weighted by molar-refractivity contribution is 8.00. The summed E-state index contributed by atoms with van der Waals surface area (Å²) in [5.74, 6) is 0.368. The molecule has 0 spiro atoms. The van der Waals surface area contributed by atoms with Crippen molar-refractivity contribution in [3.8, 4) is 5.75 Å². The minimum Gasteiger partial charge on any atom is -0.489 e. The van der Waals surface area contributed by atoms with Gasteiger partial charge in [-0.2, -0.15) is 13.2 Å². The van der Waals surface area contributed by atoms with Gasteiger partial charge in [0.2, 0.25) is 5.91 Å². The van der Waals surface area contributed by atoms with Crippen LogP contribution >= 0.6 is 11.8 Å². The molecule has 2 aromatic carbocycles. The second kappa shape index (κ2) is 10.7. The molecule has 0 saturated carbocycles. The molecular formula is C21H25F3N2O3S. The molecule has 0 aliphatic heterocycles. The molecule has 0 fully saturated rings. The van der Waals surface area contributed by atoms with Crippen molar-refractivity contribution in [2.45, 2.75) is 49.5 Å². The van der Waals surface area contributed by atoms with E-state index >= 15 is 0 Å². The molecule has 30 heavy (non-hydrogen) atoms. The number of hydrogen-bond acceptors (Lipinski definition) is 5. The van der Waals surface area contributed by atoms with Crippen molar-refractivity contribution in [1.82, 2.24) is 10.6 Å². The fourth-order valence-corrected chi connectivity index (χ4v) is 3.34. The number of nitrogens with one attached hydrogen (secondary N) is 2. The summed E-state index contributed by atoms with van der Waals surface area (Å²) in [5, 5.41) is 15.3. The summed E-state index contributed by atoms with van der Waals surface area (Å²) in [6.45, 7) is 4.05. The van der Waals surface area contributed by atoms with Gasteiger partial charge >= 0.3 is 5.51 Å². The number of halogens is 3. The molecule has 5 nitrogen and oxygen atoms in total. The number of carbonyl (C=O) groups is 1. The number of thioether (sulfide) groups is 1. The van der Waals surface area contributed by atoms with Crippen LogP contribution in [-0.2, 0) is 17.9 Å². The number of amides is 1. The lowest BCUT2D eigenvalue weighted by atomic mass is 10.1. The maximum atomic E-state index is 12.4. The van der Waals surface area contributed by atoms with Gasteiger partial charge in [-0.25, -0.2) is 0 Å². The lowest BCUT2D eigenvalue weighted by Crippen LogP contribution is -2.49. The summed E-state index contributed by atoms with van der Waals surface area (Å²) in [4.78, 5) is 11.9. The predicted molar refractivity (Wildman–Crippen MR) is 110 cm³/mol. The Balaban J connectivity index is 1.93. The van der Waals surface area contributed by atoms with Gasteiger partial charge in [0, 0.05) is 18.5 Å². The molecule has 2 atom stereocenters. The van der Waals surface area contributed by atoms with E-state index in [0.29, 0.717) is 12.3 Å². The van der Waals surface area contributed by atoms with Gasteiger partial charge in [-0.3, -0.25) is 10.1 Å². The zero-order valence-corrected chi connectivity index (χ0v) is 17.7. The topological polar surface area (TPSA) is 70.6 Å². The number of aryl methyl sites for hydroxylation is 1. The Morgan fingerprint density at radius 3 is 2.33 bits per heavy atom. The highest BCUT2D eigenvalue weighted by Gasteiger charge is 2.29. The Morgan fingerprint density at radius 2 is 1.80 bits per heavy atom. The van der Waals surface area contributed by atoms with Gasteiger partial charge in [-0.15, -0.1) is 0 Å². The molecule has 0 aliphatic carbocycles.